The van der Waals surface area contributed by atoms with E-state index in [0.717, 1.165) is 80.8 Å². The number of carbonyl (C=O) groups excluding carboxylic acids is 1. The van der Waals surface area contributed by atoms with E-state index in [2.05, 4.69) is 50.7 Å². The van der Waals surface area contributed by atoms with Crippen molar-refractivity contribution in [1.82, 2.24) is 24.7 Å². The summed E-state index contributed by atoms with van der Waals surface area (Å²) >= 11 is 0. The van der Waals surface area contributed by atoms with Gasteiger partial charge >= 0.3 is 0 Å². The van der Waals surface area contributed by atoms with E-state index in [1.807, 2.05) is 24.3 Å². The Balaban J connectivity index is 0.000000204. The van der Waals surface area contributed by atoms with Crippen molar-refractivity contribution in [3.8, 4) is 0 Å². The van der Waals surface area contributed by atoms with Crippen molar-refractivity contribution in [3.05, 3.63) is 59.9 Å². The minimum atomic E-state index is -0.200. The van der Waals surface area contributed by atoms with Crippen LogP contribution in [0.4, 0.5) is 10.3 Å². The number of amides is 1. The third-order valence-electron chi connectivity index (χ3n) is 7.92. The quantitative estimate of drug-likeness (QED) is 0.400. The van der Waals surface area contributed by atoms with E-state index < -0.39 is 0 Å². The van der Waals surface area contributed by atoms with Crippen molar-refractivity contribution in [2.75, 3.05) is 57.8 Å². The van der Waals surface area contributed by atoms with Gasteiger partial charge < -0.3 is 24.6 Å². The van der Waals surface area contributed by atoms with Crippen molar-refractivity contribution in [3.63, 3.8) is 0 Å². The number of nitrogens with zero attached hydrogens (tertiary/aromatic N) is 5. The summed E-state index contributed by atoms with van der Waals surface area (Å²) in [5.74, 6) is 0.890. The van der Waals surface area contributed by atoms with E-state index in [-0.39, 0.29) is 11.7 Å². The molecule has 1 N–H and O–H groups in total. The maximum Gasteiger partial charge on any atom is 0.216 e. The summed E-state index contributed by atoms with van der Waals surface area (Å²) in [7, 11) is 2.15. The predicted molar refractivity (Wildman–Crippen MR) is 158 cm³/mol. The zero-order valence-electron chi connectivity index (χ0n) is 23.9. The molecular weight excluding hydrogens is 491 g/mol. The van der Waals surface area contributed by atoms with Crippen LogP contribution in [0.25, 0.3) is 11.0 Å². The van der Waals surface area contributed by atoms with Crippen LogP contribution in [0.15, 0.2) is 48.5 Å². The zero-order chi connectivity index (χ0) is 27.6. The molecule has 1 aliphatic carbocycles. The van der Waals surface area contributed by atoms with E-state index in [1.165, 1.54) is 37.8 Å². The molecule has 2 aromatic carbocycles. The van der Waals surface area contributed by atoms with Crippen molar-refractivity contribution in [1.29, 1.82) is 0 Å². The van der Waals surface area contributed by atoms with Crippen LogP contribution in [0.5, 0.6) is 0 Å². The Bertz CT molecular complexity index is 1170. The van der Waals surface area contributed by atoms with Gasteiger partial charge in [0.05, 0.1) is 17.6 Å². The first-order valence-electron chi connectivity index (χ1n) is 14.6. The van der Waals surface area contributed by atoms with Crippen LogP contribution in [-0.4, -0.2) is 84.2 Å². The van der Waals surface area contributed by atoms with Crippen LogP contribution in [0.2, 0.25) is 0 Å². The smallest absolute Gasteiger partial charge is 0.216 e. The first-order valence-corrected chi connectivity index (χ1v) is 14.6. The number of nitrogens with one attached hydrogen (secondary N) is 1. The molecule has 7 nitrogen and oxygen atoms in total. The monoisotopic (exact) mass is 536 g/mol. The molecule has 1 aromatic heterocycles. The Kier molecular flexibility index (Phi) is 10.7. The molecule has 0 unspecified atom stereocenters. The van der Waals surface area contributed by atoms with Gasteiger partial charge in [0.2, 0.25) is 11.9 Å². The molecule has 2 aliphatic rings. The largest absolute Gasteiger partial charge is 0.356 e. The van der Waals surface area contributed by atoms with Crippen molar-refractivity contribution >= 4 is 22.9 Å². The number of hydrogen-bond donors (Lipinski definition) is 1. The SMILES string of the molecule is CCN(CCCNC(C)=O)C1CCCC1.CN1CCN(c2nc3ccccc3n2Cc2ccc(F)cc2)CC1. The second kappa shape index (κ2) is 14.4. The van der Waals surface area contributed by atoms with Gasteiger partial charge in [0.1, 0.15) is 5.82 Å². The van der Waals surface area contributed by atoms with Gasteiger partial charge in [-0.3, -0.25) is 4.79 Å². The normalized spacial score (nSPS) is 16.5. The van der Waals surface area contributed by atoms with Crippen LogP contribution in [0, 0.1) is 5.82 Å². The Hall–Kier alpha value is -2.97. The van der Waals surface area contributed by atoms with E-state index in [4.69, 9.17) is 4.98 Å². The molecule has 1 saturated carbocycles. The molecule has 0 spiro atoms. The van der Waals surface area contributed by atoms with Crippen molar-refractivity contribution in [2.45, 2.75) is 58.5 Å². The number of aromatic nitrogens is 2. The number of benzene rings is 2. The van der Waals surface area contributed by atoms with Crippen molar-refractivity contribution < 1.29 is 9.18 Å². The van der Waals surface area contributed by atoms with E-state index in [0.29, 0.717) is 6.54 Å². The average molecular weight is 537 g/mol. The number of carbonyl (C=O) groups is 1. The topological polar surface area (TPSA) is 56.6 Å². The first-order chi connectivity index (χ1) is 18.9. The Morgan fingerprint density at radius 3 is 2.41 bits per heavy atom. The van der Waals surface area contributed by atoms with Gasteiger partial charge in [-0.25, -0.2) is 9.37 Å². The number of hydrogen-bond acceptors (Lipinski definition) is 5. The molecule has 1 saturated heterocycles. The summed E-state index contributed by atoms with van der Waals surface area (Å²) in [6.07, 6.45) is 6.60. The third-order valence-corrected chi connectivity index (χ3v) is 7.92. The highest BCUT2D eigenvalue weighted by Gasteiger charge is 2.22. The molecule has 0 atom stereocenters. The lowest BCUT2D eigenvalue weighted by atomic mass is 10.2. The molecule has 2 heterocycles. The van der Waals surface area contributed by atoms with E-state index >= 15 is 0 Å². The zero-order valence-corrected chi connectivity index (χ0v) is 23.9. The summed E-state index contributed by atoms with van der Waals surface area (Å²) in [6, 6.07) is 15.8. The van der Waals surface area contributed by atoms with Gasteiger partial charge in [-0.15, -0.1) is 0 Å². The molecule has 3 aromatic rings. The highest BCUT2D eigenvalue weighted by atomic mass is 19.1. The lowest BCUT2D eigenvalue weighted by Gasteiger charge is -2.33. The Morgan fingerprint density at radius 2 is 1.74 bits per heavy atom. The van der Waals surface area contributed by atoms with Crippen LogP contribution >= 0.6 is 0 Å². The van der Waals surface area contributed by atoms with Gasteiger partial charge in [-0.05, 0) is 62.7 Å². The summed E-state index contributed by atoms with van der Waals surface area (Å²) in [5, 5.41) is 2.85. The molecule has 2 fully saturated rings. The van der Waals surface area contributed by atoms with Gasteiger partial charge in [0.25, 0.3) is 0 Å². The molecule has 39 heavy (non-hydrogen) atoms. The maximum absolute atomic E-state index is 13.2. The molecule has 0 bridgehead atoms. The number of rotatable bonds is 9. The number of para-hydroxylation sites is 2. The molecule has 8 heteroatoms. The highest BCUT2D eigenvalue weighted by Crippen LogP contribution is 2.25. The van der Waals surface area contributed by atoms with Crippen molar-refractivity contribution in [2.24, 2.45) is 0 Å². The predicted octanol–water partition coefficient (Wildman–Crippen LogP) is 4.75. The fourth-order valence-electron chi connectivity index (χ4n) is 5.65. The lowest BCUT2D eigenvalue weighted by molar-refractivity contribution is -0.118. The van der Waals surface area contributed by atoms with Crippen LogP contribution < -0.4 is 10.2 Å². The maximum atomic E-state index is 13.2. The number of halogens is 1. The third kappa shape index (κ3) is 8.26. The van der Waals surface area contributed by atoms with Gasteiger partial charge in [-0.1, -0.05) is 44.0 Å². The van der Waals surface area contributed by atoms with Gasteiger partial charge in [0.15, 0.2) is 0 Å². The lowest BCUT2D eigenvalue weighted by Crippen LogP contribution is -2.45. The number of anilines is 1. The highest BCUT2D eigenvalue weighted by molar-refractivity contribution is 5.79. The summed E-state index contributed by atoms with van der Waals surface area (Å²) < 4.78 is 15.4. The average Bonchev–Trinajstić information content (AvgIpc) is 3.60. The van der Waals surface area contributed by atoms with E-state index in [1.54, 1.807) is 6.92 Å². The molecule has 5 rings (SSSR count). The summed E-state index contributed by atoms with van der Waals surface area (Å²) in [4.78, 5) is 22.8. The fourth-order valence-corrected chi connectivity index (χ4v) is 5.65. The van der Waals surface area contributed by atoms with E-state index in [9.17, 15) is 9.18 Å². The molecule has 212 valence electrons. The number of piperazine rings is 1. The number of likely N-dealkylation sites (N-methyl/N-ethyl adjacent to an activating group) is 1. The Morgan fingerprint density at radius 1 is 1.05 bits per heavy atom. The molecule has 1 amide bonds. The molecule has 1 aliphatic heterocycles. The summed E-state index contributed by atoms with van der Waals surface area (Å²) in [6.45, 7) is 11.6. The van der Waals surface area contributed by atoms with Crippen LogP contribution in [-0.2, 0) is 11.3 Å². The van der Waals surface area contributed by atoms with Crippen LogP contribution in [0.1, 0.15) is 51.5 Å². The minimum Gasteiger partial charge on any atom is -0.356 e. The van der Waals surface area contributed by atoms with Crippen LogP contribution in [0.3, 0.4) is 0 Å². The number of fused-ring (bicyclic) bond motifs is 1. The van der Waals surface area contributed by atoms with Gasteiger partial charge in [0, 0.05) is 52.2 Å². The first kappa shape index (κ1) is 29.0. The number of imidazole rings is 1. The standard InChI is InChI=1S/C19H21FN4.C12H24N2O/c1-22-10-12-23(13-11-22)19-21-17-4-2-3-5-18(17)24(19)14-15-6-8-16(20)9-7-15;1-3-14(12-7-4-5-8-12)10-6-9-13-11(2)15/h2-9H,10-14H2,1H3;12H,3-10H2,1-2H3,(H,13,15). The second-order valence-electron chi connectivity index (χ2n) is 10.8. The van der Waals surface area contributed by atoms with Gasteiger partial charge in [-0.2, -0.15) is 0 Å². The minimum absolute atomic E-state index is 0.0823. The molecule has 0 radical (unpaired) electrons. The fraction of sp³-hybridized carbons (Fsp3) is 0.548. The summed E-state index contributed by atoms with van der Waals surface area (Å²) in [5.41, 5.74) is 3.21. The Labute approximate surface area is 233 Å². The second-order valence-corrected chi connectivity index (χ2v) is 10.8. The molecular formula is C31H45FN6O.